The molecule has 0 aromatic heterocycles. The lowest BCUT2D eigenvalue weighted by molar-refractivity contribution is -0.135. The van der Waals surface area contributed by atoms with Crippen LogP contribution in [0.3, 0.4) is 0 Å². The minimum atomic E-state index is -0.0988. The molecule has 0 radical (unpaired) electrons. The SMILES string of the molecule is CC(N)C(C)C(=O)N1CCCN(c2ccccc2)CC1.Cl.Cl. The van der Waals surface area contributed by atoms with E-state index in [0.29, 0.717) is 0 Å². The molecule has 1 fully saturated rings. The third-order valence-corrected chi connectivity index (χ3v) is 4.11. The van der Waals surface area contributed by atoms with Gasteiger partial charge in [0, 0.05) is 37.9 Å². The van der Waals surface area contributed by atoms with E-state index in [9.17, 15) is 4.79 Å². The summed E-state index contributed by atoms with van der Waals surface area (Å²) in [6.07, 6.45) is 1.01. The Morgan fingerprint density at radius 3 is 2.27 bits per heavy atom. The van der Waals surface area contributed by atoms with Crippen LogP contribution in [0.5, 0.6) is 0 Å². The standard InChI is InChI=1S/C16H25N3O.2ClH/c1-13(14(2)17)16(20)19-10-6-9-18(11-12-19)15-7-4-3-5-8-15;;/h3-5,7-8,13-14H,6,9-12,17H2,1-2H3;2*1H. The van der Waals surface area contributed by atoms with Gasteiger partial charge in [-0.05, 0) is 25.5 Å². The van der Waals surface area contributed by atoms with E-state index >= 15 is 0 Å². The molecule has 1 aromatic rings. The van der Waals surface area contributed by atoms with Crippen molar-refractivity contribution in [3.8, 4) is 0 Å². The van der Waals surface area contributed by atoms with Crippen molar-refractivity contribution in [2.75, 3.05) is 31.1 Å². The van der Waals surface area contributed by atoms with Crippen LogP contribution in [0.1, 0.15) is 20.3 Å². The Morgan fingerprint density at radius 1 is 1.05 bits per heavy atom. The fourth-order valence-corrected chi connectivity index (χ4v) is 2.55. The number of nitrogens with zero attached hydrogens (tertiary/aromatic N) is 2. The number of carbonyl (C=O) groups is 1. The molecule has 22 heavy (non-hydrogen) atoms. The number of benzene rings is 1. The maximum atomic E-state index is 12.4. The topological polar surface area (TPSA) is 49.6 Å². The minimum absolute atomic E-state index is 0. The summed E-state index contributed by atoms with van der Waals surface area (Å²) in [4.78, 5) is 16.7. The Morgan fingerprint density at radius 2 is 1.68 bits per heavy atom. The van der Waals surface area contributed by atoms with Gasteiger partial charge in [0.2, 0.25) is 5.91 Å². The molecular weight excluding hydrogens is 321 g/mol. The van der Waals surface area contributed by atoms with Gasteiger partial charge in [0.15, 0.2) is 0 Å². The summed E-state index contributed by atoms with van der Waals surface area (Å²) >= 11 is 0. The summed E-state index contributed by atoms with van der Waals surface area (Å²) in [5.74, 6) is 0.0909. The lowest BCUT2D eigenvalue weighted by Gasteiger charge is -2.26. The summed E-state index contributed by atoms with van der Waals surface area (Å²) in [6, 6.07) is 10.3. The molecule has 1 amide bonds. The van der Waals surface area contributed by atoms with Crippen molar-refractivity contribution in [3.05, 3.63) is 30.3 Å². The smallest absolute Gasteiger partial charge is 0.227 e. The predicted octanol–water partition coefficient (Wildman–Crippen LogP) is 2.55. The molecule has 2 N–H and O–H groups in total. The van der Waals surface area contributed by atoms with Crippen molar-refractivity contribution in [1.29, 1.82) is 0 Å². The van der Waals surface area contributed by atoms with Crippen molar-refractivity contribution >= 4 is 36.4 Å². The number of amides is 1. The highest BCUT2D eigenvalue weighted by molar-refractivity contribution is 5.85. The maximum Gasteiger partial charge on any atom is 0.227 e. The van der Waals surface area contributed by atoms with Crippen molar-refractivity contribution in [2.45, 2.75) is 26.3 Å². The van der Waals surface area contributed by atoms with Crippen LogP contribution in [-0.2, 0) is 4.79 Å². The van der Waals surface area contributed by atoms with Gasteiger partial charge in [0.1, 0.15) is 0 Å². The molecule has 0 aliphatic carbocycles. The van der Waals surface area contributed by atoms with E-state index in [0.717, 1.165) is 32.6 Å². The van der Waals surface area contributed by atoms with E-state index in [1.165, 1.54) is 5.69 Å². The summed E-state index contributed by atoms with van der Waals surface area (Å²) < 4.78 is 0. The highest BCUT2D eigenvalue weighted by Crippen LogP contribution is 2.17. The van der Waals surface area contributed by atoms with Crippen LogP contribution < -0.4 is 10.6 Å². The van der Waals surface area contributed by atoms with Gasteiger partial charge >= 0.3 is 0 Å². The Balaban J connectivity index is 0.00000220. The molecule has 1 aromatic carbocycles. The van der Waals surface area contributed by atoms with Crippen LogP contribution in [0.25, 0.3) is 0 Å². The Kier molecular flexibility index (Phi) is 9.49. The third-order valence-electron chi connectivity index (χ3n) is 4.11. The highest BCUT2D eigenvalue weighted by Gasteiger charge is 2.25. The lowest BCUT2D eigenvalue weighted by Crippen LogP contribution is -2.43. The van der Waals surface area contributed by atoms with E-state index < -0.39 is 0 Å². The fraction of sp³-hybridized carbons (Fsp3) is 0.562. The molecule has 1 aliphatic heterocycles. The van der Waals surface area contributed by atoms with Crippen LogP contribution in [0.4, 0.5) is 5.69 Å². The van der Waals surface area contributed by atoms with Crippen molar-refractivity contribution in [1.82, 2.24) is 4.90 Å². The zero-order chi connectivity index (χ0) is 14.5. The summed E-state index contributed by atoms with van der Waals surface area (Å²) in [5, 5.41) is 0. The van der Waals surface area contributed by atoms with E-state index in [-0.39, 0.29) is 42.7 Å². The molecule has 2 rings (SSSR count). The number of carbonyl (C=O) groups excluding carboxylic acids is 1. The molecule has 4 nitrogen and oxygen atoms in total. The first-order valence-corrected chi connectivity index (χ1v) is 7.44. The van der Waals surface area contributed by atoms with Gasteiger partial charge in [-0.15, -0.1) is 24.8 Å². The van der Waals surface area contributed by atoms with Gasteiger partial charge < -0.3 is 15.5 Å². The maximum absolute atomic E-state index is 12.4. The zero-order valence-electron chi connectivity index (χ0n) is 13.3. The van der Waals surface area contributed by atoms with Gasteiger partial charge in [-0.1, -0.05) is 25.1 Å². The van der Waals surface area contributed by atoms with Crippen molar-refractivity contribution in [2.24, 2.45) is 11.7 Å². The number of rotatable bonds is 3. The van der Waals surface area contributed by atoms with E-state index in [1.807, 2.05) is 24.8 Å². The van der Waals surface area contributed by atoms with E-state index in [1.54, 1.807) is 0 Å². The molecule has 1 aliphatic rings. The van der Waals surface area contributed by atoms with Gasteiger partial charge in [-0.2, -0.15) is 0 Å². The third kappa shape index (κ3) is 5.34. The molecule has 2 unspecified atom stereocenters. The number of anilines is 1. The van der Waals surface area contributed by atoms with Gasteiger partial charge in [0.25, 0.3) is 0 Å². The van der Waals surface area contributed by atoms with E-state index in [2.05, 4.69) is 29.2 Å². The van der Waals surface area contributed by atoms with Gasteiger partial charge in [-0.25, -0.2) is 0 Å². The normalized spacial score (nSPS) is 17.6. The number of nitrogens with two attached hydrogens (primary N) is 1. The quantitative estimate of drug-likeness (QED) is 0.913. The number of para-hydroxylation sites is 1. The minimum Gasteiger partial charge on any atom is -0.370 e. The number of halogens is 2. The van der Waals surface area contributed by atoms with Gasteiger partial charge in [0.05, 0.1) is 5.92 Å². The monoisotopic (exact) mass is 347 g/mol. The lowest BCUT2D eigenvalue weighted by atomic mass is 10.0. The van der Waals surface area contributed by atoms with Crippen LogP contribution >= 0.6 is 24.8 Å². The second kappa shape index (κ2) is 9.93. The second-order valence-electron chi connectivity index (χ2n) is 5.65. The Bertz CT molecular complexity index is 442. The largest absolute Gasteiger partial charge is 0.370 e. The highest BCUT2D eigenvalue weighted by atomic mass is 35.5. The molecule has 0 saturated carbocycles. The first-order valence-electron chi connectivity index (χ1n) is 7.44. The van der Waals surface area contributed by atoms with Crippen molar-refractivity contribution in [3.63, 3.8) is 0 Å². The molecule has 1 saturated heterocycles. The van der Waals surface area contributed by atoms with E-state index in [4.69, 9.17) is 5.73 Å². The molecule has 2 atom stereocenters. The first kappa shape index (κ1) is 21.0. The zero-order valence-corrected chi connectivity index (χ0v) is 14.9. The van der Waals surface area contributed by atoms with Crippen LogP contribution in [0.15, 0.2) is 30.3 Å². The van der Waals surface area contributed by atoms with Crippen molar-refractivity contribution < 1.29 is 4.79 Å². The first-order chi connectivity index (χ1) is 9.59. The molecule has 0 bridgehead atoms. The Labute approximate surface area is 145 Å². The summed E-state index contributed by atoms with van der Waals surface area (Å²) in [5.41, 5.74) is 7.08. The molecule has 1 heterocycles. The van der Waals surface area contributed by atoms with Crippen LogP contribution in [0.2, 0.25) is 0 Å². The summed E-state index contributed by atoms with van der Waals surface area (Å²) in [6.45, 7) is 7.33. The van der Waals surface area contributed by atoms with Crippen LogP contribution in [-0.4, -0.2) is 43.0 Å². The van der Waals surface area contributed by atoms with Gasteiger partial charge in [-0.3, -0.25) is 4.79 Å². The Hall–Kier alpha value is -0.970. The fourth-order valence-electron chi connectivity index (χ4n) is 2.55. The average molecular weight is 348 g/mol. The summed E-state index contributed by atoms with van der Waals surface area (Å²) in [7, 11) is 0. The second-order valence-corrected chi connectivity index (χ2v) is 5.65. The van der Waals surface area contributed by atoms with Crippen LogP contribution in [0, 0.1) is 5.92 Å². The molecule has 0 spiro atoms. The average Bonchev–Trinajstić information content (AvgIpc) is 2.72. The molecule has 6 heteroatoms. The number of hydrogen-bond donors (Lipinski definition) is 1. The molecule has 126 valence electrons. The predicted molar refractivity (Wildman–Crippen MR) is 97.2 cm³/mol. The number of hydrogen-bond acceptors (Lipinski definition) is 3. The molecular formula is C16H27Cl2N3O.